The van der Waals surface area contributed by atoms with Crippen LogP contribution in [0.1, 0.15) is 40.5 Å². The zero-order valence-corrected chi connectivity index (χ0v) is 18.3. The Bertz CT molecular complexity index is 1430. The van der Waals surface area contributed by atoms with Crippen molar-refractivity contribution < 1.29 is 4.42 Å². The Balaban J connectivity index is 1.80. The molecule has 0 N–H and O–H groups in total. The van der Waals surface area contributed by atoms with E-state index in [0.717, 1.165) is 11.3 Å². The minimum atomic E-state index is -0.385. The smallest absolute Gasteiger partial charge is 0.135 e. The van der Waals surface area contributed by atoms with Gasteiger partial charge in [-0.05, 0) is 59.4 Å². The molecule has 5 aromatic rings. The fraction of sp³-hybridized carbons (Fsp3) is 0.0968. The first-order valence-corrected chi connectivity index (χ1v) is 11.2. The summed E-state index contributed by atoms with van der Waals surface area (Å²) in [5, 5.41) is 1.17. The second-order valence-electron chi connectivity index (χ2n) is 8.49. The second kappa shape index (κ2) is 7.10. The standard InChI is InChI=1S/C31H24O/c1-3-12-24-21(2)32-30-20-29-26(19-27(24)30)25-17-10-11-18-28(25)31(29,22-13-6-4-7-14-22)23-15-8-5-9-16-23/h3-20H,1-2H3/b12-3-. The van der Waals surface area contributed by atoms with Crippen LogP contribution in [0.15, 0.2) is 108 Å². The van der Waals surface area contributed by atoms with Crippen LogP contribution in [0.4, 0.5) is 0 Å². The van der Waals surface area contributed by atoms with Crippen LogP contribution >= 0.6 is 0 Å². The molecule has 1 heteroatoms. The molecular weight excluding hydrogens is 388 g/mol. The monoisotopic (exact) mass is 412 g/mol. The Labute approximate surface area is 188 Å². The number of fused-ring (bicyclic) bond motifs is 4. The molecule has 1 nitrogen and oxygen atoms in total. The minimum Gasteiger partial charge on any atom is -0.461 e. The Morgan fingerprint density at radius 2 is 1.31 bits per heavy atom. The van der Waals surface area contributed by atoms with Gasteiger partial charge in [0.2, 0.25) is 0 Å². The lowest BCUT2D eigenvalue weighted by Crippen LogP contribution is -2.28. The lowest BCUT2D eigenvalue weighted by molar-refractivity contribution is 0.576. The second-order valence-corrected chi connectivity index (χ2v) is 8.49. The van der Waals surface area contributed by atoms with E-state index >= 15 is 0 Å². The van der Waals surface area contributed by atoms with Crippen molar-refractivity contribution in [2.75, 3.05) is 0 Å². The van der Waals surface area contributed by atoms with Gasteiger partial charge in [-0.2, -0.15) is 0 Å². The van der Waals surface area contributed by atoms with Gasteiger partial charge in [0, 0.05) is 10.9 Å². The average molecular weight is 413 g/mol. The van der Waals surface area contributed by atoms with Crippen LogP contribution in [-0.4, -0.2) is 0 Å². The van der Waals surface area contributed by atoms with E-state index in [1.807, 2.05) is 0 Å². The Kier molecular flexibility index (Phi) is 4.19. The predicted molar refractivity (Wildman–Crippen MR) is 133 cm³/mol. The summed E-state index contributed by atoms with van der Waals surface area (Å²) in [5.74, 6) is 0.958. The Morgan fingerprint density at radius 1 is 0.688 bits per heavy atom. The molecule has 1 aliphatic carbocycles. The number of hydrogen-bond donors (Lipinski definition) is 0. The normalized spacial score (nSPS) is 14.1. The van der Waals surface area contributed by atoms with E-state index in [4.69, 9.17) is 4.42 Å². The summed E-state index contributed by atoms with van der Waals surface area (Å²) in [6.07, 6.45) is 4.23. The molecule has 0 fully saturated rings. The van der Waals surface area contributed by atoms with Crippen molar-refractivity contribution in [3.8, 4) is 11.1 Å². The van der Waals surface area contributed by atoms with E-state index in [2.05, 4.69) is 123 Å². The summed E-state index contributed by atoms with van der Waals surface area (Å²) in [5.41, 5.74) is 9.45. The van der Waals surface area contributed by atoms with Gasteiger partial charge in [0.15, 0.2) is 0 Å². The van der Waals surface area contributed by atoms with Crippen LogP contribution in [0, 0.1) is 6.92 Å². The first-order valence-electron chi connectivity index (χ1n) is 11.2. The van der Waals surface area contributed by atoms with Crippen molar-refractivity contribution >= 4 is 17.0 Å². The third-order valence-corrected chi connectivity index (χ3v) is 6.82. The molecule has 0 radical (unpaired) electrons. The van der Waals surface area contributed by atoms with E-state index in [9.17, 15) is 0 Å². The predicted octanol–water partition coefficient (Wildman–Crippen LogP) is 8.14. The van der Waals surface area contributed by atoms with Crippen molar-refractivity contribution in [1.29, 1.82) is 0 Å². The fourth-order valence-corrected chi connectivity index (χ4v) is 5.55. The van der Waals surface area contributed by atoms with Crippen LogP contribution in [-0.2, 0) is 5.41 Å². The summed E-state index contributed by atoms with van der Waals surface area (Å²) in [4.78, 5) is 0. The first-order chi connectivity index (χ1) is 15.7. The summed E-state index contributed by atoms with van der Waals surface area (Å²) in [6, 6.07) is 35.2. The summed E-state index contributed by atoms with van der Waals surface area (Å²) >= 11 is 0. The van der Waals surface area contributed by atoms with E-state index in [1.54, 1.807) is 0 Å². The molecular formula is C31H24O. The number of benzene rings is 4. The van der Waals surface area contributed by atoms with Crippen LogP contribution in [0.3, 0.4) is 0 Å². The lowest BCUT2D eigenvalue weighted by atomic mass is 9.67. The van der Waals surface area contributed by atoms with Gasteiger partial charge in [-0.1, -0.05) is 97.1 Å². The van der Waals surface area contributed by atoms with Gasteiger partial charge in [0.25, 0.3) is 0 Å². The van der Waals surface area contributed by atoms with Crippen molar-refractivity contribution in [3.05, 3.63) is 137 Å². The highest BCUT2D eigenvalue weighted by atomic mass is 16.3. The van der Waals surface area contributed by atoms with Gasteiger partial charge in [0.1, 0.15) is 11.3 Å². The van der Waals surface area contributed by atoms with Crippen LogP contribution in [0.25, 0.3) is 28.2 Å². The average Bonchev–Trinajstić information content (AvgIpc) is 3.31. The number of rotatable bonds is 3. The molecule has 0 atom stereocenters. The molecule has 1 aliphatic rings. The van der Waals surface area contributed by atoms with Gasteiger partial charge in [-0.15, -0.1) is 0 Å². The molecule has 0 amide bonds. The van der Waals surface area contributed by atoms with Gasteiger partial charge in [-0.3, -0.25) is 0 Å². The van der Waals surface area contributed by atoms with E-state index in [0.29, 0.717) is 0 Å². The topological polar surface area (TPSA) is 13.1 Å². The van der Waals surface area contributed by atoms with Crippen LogP contribution < -0.4 is 0 Å². The van der Waals surface area contributed by atoms with Crippen LogP contribution in [0.5, 0.6) is 0 Å². The molecule has 1 aromatic heterocycles. The summed E-state index contributed by atoms with van der Waals surface area (Å²) in [7, 11) is 0. The van der Waals surface area contributed by atoms with E-state index in [1.165, 1.54) is 44.3 Å². The zero-order valence-electron chi connectivity index (χ0n) is 18.3. The molecule has 0 aliphatic heterocycles. The van der Waals surface area contributed by atoms with Crippen molar-refractivity contribution in [1.82, 2.24) is 0 Å². The summed E-state index contributed by atoms with van der Waals surface area (Å²) in [6.45, 7) is 4.10. The SMILES string of the molecule is C/C=C\c1c(C)oc2cc3c(cc12)-c1ccccc1C3(c1ccccc1)c1ccccc1. The van der Waals surface area contributed by atoms with Crippen molar-refractivity contribution in [2.24, 2.45) is 0 Å². The van der Waals surface area contributed by atoms with Crippen molar-refractivity contribution in [3.63, 3.8) is 0 Å². The Morgan fingerprint density at radius 3 is 1.97 bits per heavy atom. The molecule has 0 spiro atoms. The largest absolute Gasteiger partial charge is 0.461 e. The quantitative estimate of drug-likeness (QED) is 0.286. The van der Waals surface area contributed by atoms with Gasteiger partial charge >= 0.3 is 0 Å². The first kappa shape index (κ1) is 18.9. The third kappa shape index (κ3) is 2.45. The lowest BCUT2D eigenvalue weighted by Gasteiger charge is -2.33. The number of allylic oxidation sites excluding steroid dienone is 1. The molecule has 1 heterocycles. The molecule has 0 saturated heterocycles. The maximum Gasteiger partial charge on any atom is 0.135 e. The van der Waals surface area contributed by atoms with Gasteiger partial charge in [-0.25, -0.2) is 0 Å². The van der Waals surface area contributed by atoms with Crippen LogP contribution in [0.2, 0.25) is 0 Å². The third-order valence-electron chi connectivity index (χ3n) is 6.82. The number of furan rings is 1. The molecule has 6 rings (SSSR count). The molecule has 0 unspecified atom stereocenters. The fourth-order valence-electron chi connectivity index (χ4n) is 5.55. The number of hydrogen-bond acceptors (Lipinski definition) is 1. The minimum absolute atomic E-state index is 0.385. The van der Waals surface area contributed by atoms with E-state index in [-0.39, 0.29) is 5.41 Å². The van der Waals surface area contributed by atoms with Gasteiger partial charge < -0.3 is 4.42 Å². The highest BCUT2D eigenvalue weighted by Crippen LogP contribution is 2.57. The maximum absolute atomic E-state index is 6.29. The van der Waals surface area contributed by atoms with E-state index < -0.39 is 0 Å². The molecule has 4 aromatic carbocycles. The molecule has 154 valence electrons. The number of aryl methyl sites for hydroxylation is 1. The zero-order chi connectivity index (χ0) is 21.7. The highest BCUT2D eigenvalue weighted by Gasteiger charge is 2.46. The maximum atomic E-state index is 6.29. The van der Waals surface area contributed by atoms with Crippen molar-refractivity contribution in [2.45, 2.75) is 19.3 Å². The van der Waals surface area contributed by atoms with Gasteiger partial charge in [0.05, 0.1) is 5.41 Å². The Hall–Kier alpha value is -3.84. The molecule has 0 saturated carbocycles. The molecule has 32 heavy (non-hydrogen) atoms. The molecule has 0 bridgehead atoms. The summed E-state index contributed by atoms with van der Waals surface area (Å²) < 4.78 is 6.29. The highest BCUT2D eigenvalue weighted by molar-refractivity contribution is 5.97.